The zero-order valence-electron chi connectivity index (χ0n) is 15.7. The van der Waals surface area contributed by atoms with Gasteiger partial charge in [0.05, 0.1) is 0 Å². The van der Waals surface area contributed by atoms with E-state index in [1.54, 1.807) is 0 Å². The molecule has 1 unspecified atom stereocenters. The minimum Gasteiger partial charge on any atom is -0.302 e. The van der Waals surface area contributed by atoms with Gasteiger partial charge in [-0.15, -0.1) is 0 Å². The Balaban J connectivity index is 3.71. The van der Waals surface area contributed by atoms with Crippen LogP contribution in [0.15, 0.2) is 28.9 Å². The lowest BCUT2D eigenvalue weighted by atomic mass is 10.0. The van der Waals surface area contributed by atoms with Crippen molar-refractivity contribution < 1.29 is 0 Å². The number of allylic oxidation sites excluding steroid dienone is 3. The molecule has 3 nitrogen and oxygen atoms in total. The summed E-state index contributed by atoms with van der Waals surface area (Å²) in [5.41, 5.74) is 1.34. The van der Waals surface area contributed by atoms with Gasteiger partial charge in [0.1, 0.15) is 0 Å². The van der Waals surface area contributed by atoms with Gasteiger partial charge in [-0.2, -0.15) is 5.10 Å². The fourth-order valence-corrected chi connectivity index (χ4v) is 2.00. The maximum absolute atomic E-state index is 4.49. The van der Waals surface area contributed by atoms with E-state index in [9.17, 15) is 0 Å². The second kappa shape index (κ2) is 13.6. The van der Waals surface area contributed by atoms with E-state index in [1.807, 2.05) is 6.21 Å². The van der Waals surface area contributed by atoms with Crippen LogP contribution in [0.25, 0.3) is 0 Å². The van der Waals surface area contributed by atoms with Gasteiger partial charge in [0.15, 0.2) is 0 Å². The minimum absolute atomic E-state index is 0.838. The fourth-order valence-electron chi connectivity index (χ4n) is 2.00. The molecule has 3 heteroatoms. The molecular formula is C19H37N3. The molecule has 1 atom stereocenters. The molecule has 0 bridgehead atoms. The number of likely N-dealkylation sites (N-methyl/N-ethyl adjacent to an activating group) is 1. The van der Waals surface area contributed by atoms with Gasteiger partial charge in [0, 0.05) is 32.9 Å². The Morgan fingerprint density at radius 3 is 2.55 bits per heavy atom. The smallest absolute Gasteiger partial charge is 0.0356 e. The van der Waals surface area contributed by atoms with Crippen LogP contribution in [-0.2, 0) is 0 Å². The third-order valence-corrected chi connectivity index (χ3v) is 3.78. The number of nitrogens with zero attached hydrogens (tertiary/aromatic N) is 3. The van der Waals surface area contributed by atoms with Crippen LogP contribution in [-0.4, -0.2) is 49.9 Å². The average molecular weight is 308 g/mol. The predicted octanol–water partition coefficient (Wildman–Crippen LogP) is 4.57. The second-order valence-electron chi connectivity index (χ2n) is 6.56. The first-order chi connectivity index (χ1) is 10.5. The van der Waals surface area contributed by atoms with E-state index in [4.69, 9.17) is 0 Å². The molecule has 0 saturated carbocycles. The summed E-state index contributed by atoms with van der Waals surface area (Å²) >= 11 is 0. The maximum atomic E-state index is 4.49. The Labute approximate surface area is 138 Å². The first-order valence-corrected chi connectivity index (χ1v) is 8.67. The molecule has 0 saturated heterocycles. The third kappa shape index (κ3) is 13.9. The number of hydrogen-bond donors (Lipinski definition) is 0. The van der Waals surface area contributed by atoms with E-state index < -0.39 is 0 Å². The number of hydrogen-bond acceptors (Lipinski definition) is 3. The van der Waals surface area contributed by atoms with Crippen LogP contribution in [0.1, 0.15) is 53.4 Å². The van der Waals surface area contributed by atoms with Crippen LogP contribution >= 0.6 is 0 Å². The lowest BCUT2D eigenvalue weighted by Gasteiger charge is -2.15. The van der Waals surface area contributed by atoms with Crippen molar-refractivity contribution in [3.05, 3.63) is 23.8 Å². The molecule has 0 fully saturated rings. The van der Waals surface area contributed by atoms with Crippen molar-refractivity contribution in [2.45, 2.75) is 53.4 Å². The summed E-state index contributed by atoms with van der Waals surface area (Å²) in [6, 6.07) is 0. The van der Waals surface area contributed by atoms with Crippen molar-refractivity contribution in [2.75, 3.05) is 33.7 Å². The van der Waals surface area contributed by atoms with Crippen LogP contribution in [0.4, 0.5) is 0 Å². The lowest BCUT2D eigenvalue weighted by molar-refractivity contribution is 0.328. The molecule has 0 radical (unpaired) electrons. The zero-order chi connectivity index (χ0) is 16.8. The Hall–Kier alpha value is -1.09. The zero-order valence-corrected chi connectivity index (χ0v) is 15.7. The van der Waals surface area contributed by atoms with E-state index >= 15 is 0 Å². The van der Waals surface area contributed by atoms with E-state index in [0.29, 0.717) is 0 Å². The highest BCUT2D eigenvalue weighted by Gasteiger charge is 1.99. The first-order valence-electron chi connectivity index (χ1n) is 8.67. The van der Waals surface area contributed by atoms with Gasteiger partial charge >= 0.3 is 0 Å². The Kier molecular flexibility index (Phi) is 12.9. The maximum Gasteiger partial charge on any atom is 0.0356 e. The van der Waals surface area contributed by atoms with E-state index in [-0.39, 0.29) is 0 Å². The van der Waals surface area contributed by atoms with E-state index in [1.165, 1.54) is 24.8 Å². The molecule has 0 aromatic rings. The largest absolute Gasteiger partial charge is 0.302 e. The topological polar surface area (TPSA) is 18.8 Å². The average Bonchev–Trinajstić information content (AvgIpc) is 2.47. The minimum atomic E-state index is 0.838. The third-order valence-electron chi connectivity index (χ3n) is 3.78. The lowest BCUT2D eigenvalue weighted by Crippen LogP contribution is -2.20. The Morgan fingerprint density at radius 2 is 1.91 bits per heavy atom. The Bertz CT molecular complexity index is 341. The molecule has 0 aromatic heterocycles. The number of hydrazone groups is 1. The molecule has 0 aliphatic carbocycles. The number of rotatable bonds is 12. The molecule has 128 valence electrons. The van der Waals surface area contributed by atoms with Crippen LogP contribution in [0.5, 0.6) is 0 Å². The summed E-state index contributed by atoms with van der Waals surface area (Å²) in [5.74, 6) is 0.838. The highest BCUT2D eigenvalue weighted by atomic mass is 15.4. The molecule has 0 spiro atoms. The summed E-state index contributed by atoms with van der Waals surface area (Å²) in [7, 11) is 4.22. The van der Waals surface area contributed by atoms with Gasteiger partial charge in [-0.05, 0) is 46.1 Å². The normalized spacial score (nSPS) is 13.2. The summed E-state index contributed by atoms with van der Waals surface area (Å²) in [4.78, 5) is 2.31. The van der Waals surface area contributed by atoms with Gasteiger partial charge in [0.25, 0.3) is 0 Å². The van der Waals surface area contributed by atoms with Gasteiger partial charge in [-0.25, -0.2) is 0 Å². The molecular weight excluding hydrogens is 270 g/mol. The van der Waals surface area contributed by atoms with E-state index in [2.05, 4.69) is 75.0 Å². The molecule has 0 N–H and O–H groups in total. The highest BCUT2D eigenvalue weighted by Crippen LogP contribution is 2.09. The van der Waals surface area contributed by atoms with Crippen molar-refractivity contribution in [1.82, 2.24) is 9.91 Å². The van der Waals surface area contributed by atoms with Gasteiger partial charge in [0.2, 0.25) is 0 Å². The summed E-state index contributed by atoms with van der Waals surface area (Å²) in [6.45, 7) is 11.9. The quantitative estimate of drug-likeness (QED) is 0.299. The first kappa shape index (κ1) is 20.9. The molecule has 0 rings (SSSR count). The molecule has 0 heterocycles. The van der Waals surface area contributed by atoms with Crippen LogP contribution in [0.3, 0.4) is 0 Å². The van der Waals surface area contributed by atoms with Crippen LogP contribution < -0.4 is 0 Å². The monoisotopic (exact) mass is 307 g/mol. The standard InChI is InChI=1S/C19H37N3/c1-7-19(4)13-10-17-22(6)20-14-11-16-21(5)15-9-8-12-18(2)3/h8-9,12,14,19H,7,10-11,13,15-17H2,1-6H3/b9-8+,20-14-. The fraction of sp³-hybridized carbons (Fsp3) is 0.737. The van der Waals surface area contributed by atoms with Crippen molar-refractivity contribution in [3.63, 3.8) is 0 Å². The molecule has 0 amide bonds. The van der Waals surface area contributed by atoms with Crippen molar-refractivity contribution >= 4 is 6.21 Å². The van der Waals surface area contributed by atoms with Crippen molar-refractivity contribution in [2.24, 2.45) is 11.0 Å². The van der Waals surface area contributed by atoms with Crippen molar-refractivity contribution in [1.29, 1.82) is 0 Å². The molecule has 0 aliphatic rings. The summed E-state index contributed by atoms with van der Waals surface area (Å²) in [6.07, 6.45) is 13.3. The predicted molar refractivity (Wildman–Crippen MR) is 100 cm³/mol. The highest BCUT2D eigenvalue weighted by molar-refractivity contribution is 5.56. The Morgan fingerprint density at radius 1 is 1.18 bits per heavy atom. The van der Waals surface area contributed by atoms with Gasteiger partial charge in [-0.1, -0.05) is 44.1 Å². The summed E-state index contributed by atoms with van der Waals surface area (Å²) in [5, 5.41) is 6.56. The SMILES string of the molecule is CCC(C)CCCN(C)/N=C\CCN(C)C/C=C/C=C(C)C. The molecule has 0 aromatic carbocycles. The summed E-state index contributed by atoms with van der Waals surface area (Å²) < 4.78 is 0. The van der Waals surface area contributed by atoms with Gasteiger partial charge < -0.3 is 9.91 Å². The van der Waals surface area contributed by atoms with Crippen LogP contribution in [0, 0.1) is 5.92 Å². The van der Waals surface area contributed by atoms with Gasteiger partial charge in [-0.3, -0.25) is 0 Å². The molecule has 22 heavy (non-hydrogen) atoms. The molecule has 0 aliphatic heterocycles. The van der Waals surface area contributed by atoms with Crippen LogP contribution in [0.2, 0.25) is 0 Å². The van der Waals surface area contributed by atoms with E-state index in [0.717, 1.165) is 32.0 Å². The second-order valence-corrected chi connectivity index (χ2v) is 6.56. The van der Waals surface area contributed by atoms with Crippen molar-refractivity contribution in [3.8, 4) is 0 Å².